The highest BCUT2D eigenvalue weighted by Gasteiger charge is 2.43. The first-order valence-electron chi connectivity index (χ1n) is 7.04. The molecule has 2 atom stereocenters. The molecular weight excluding hydrogens is 260 g/mol. The molecule has 3 rings (SSSR count). The van der Waals surface area contributed by atoms with Crippen molar-refractivity contribution in [1.29, 1.82) is 0 Å². The molecule has 1 heterocycles. The van der Waals surface area contributed by atoms with Crippen LogP contribution < -0.4 is 5.32 Å². The van der Waals surface area contributed by atoms with Gasteiger partial charge in [-0.2, -0.15) is 0 Å². The molecule has 3 nitrogen and oxygen atoms in total. The van der Waals surface area contributed by atoms with Crippen LogP contribution in [0.4, 0.5) is 0 Å². The summed E-state index contributed by atoms with van der Waals surface area (Å²) in [5, 5.41) is 4.19. The number of hydrogen-bond acceptors (Lipinski definition) is 2. The molecule has 1 saturated carbocycles. The summed E-state index contributed by atoms with van der Waals surface area (Å²) in [6, 6.07) is 8.18. The zero-order chi connectivity index (χ0) is 13.4. The normalized spacial score (nSPS) is 27.7. The minimum Gasteiger partial charge on any atom is -0.319 e. The highest BCUT2D eigenvalue weighted by molar-refractivity contribution is 6.30. The average molecular weight is 279 g/mol. The molecule has 4 heteroatoms. The smallest absolute Gasteiger partial charge is 0.241 e. The summed E-state index contributed by atoms with van der Waals surface area (Å²) in [6.07, 6.45) is 4.35. The minimum absolute atomic E-state index is 0.0139. The topological polar surface area (TPSA) is 32.3 Å². The first kappa shape index (κ1) is 12.9. The van der Waals surface area contributed by atoms with Gasteiger partial charge >= 0.3 is 0 Å². The highest BCUT2D eigenvalue weighted by Crippen LogP contribution is 2.36. The average Bonchev–Trinajstić information content (AvgIpc) is 2.67. The van der Waals surface area contributed by atoms with E-state index in [1.165, 1.54) is 6.42 Å². The monoisotopic (exact) mass is 278 g/mol. The number of benzene rings is 1. The Morgan fingerprint density at radius 3 is 2.53 bits per heavy atom. The van der Waals surface area contributed by atoms with Crippen molar-refractivity contribution in [3.05, 3.63) is 34.9 Å². The summed E-state index contributed by atoms with van der Waals surface area (Å²) in [6.45, 7) is 2.05. The maximum atomic E-state index is 12.5. The van der Waals surface area contributed by atoms with Crippen molar-refractivity contribution in [1.82, 2.24) is 10.2 Å². The van der Waals surface area contributed by atoms with E-state index >= 15 is 0 Å². The number of nitrogens with one attached hydrogen (secondary N) is 1. The summed E-state index contributed by atoms with van der Waals surface area (Å²) >= 11 is 5.94. The maximum Gasteiger partial charge on any atom is 0.241 e. The third-order valence-corrected chi connectivity index (χ3v) is 4.50. The van der Waals surface area contributed by atoms with Gasteiger partial charge in [-0.3, -0.25) is 10.1 Å². The molecule has 1 saturated heterocycles. The van der Waals surface area contributed by atoms with Crippen LogP contribution in [0.15, 0.2) is 24.3 Å². The van der Waals surface area contributed by atoms with Crippen LogP contribution in [0.3, 0.4) is 0 Å². The van der Waals surface area contributed by atoms with Gasteiger partial charge in [0, 0.05) is 11.1 Å². The summed E-state index contributed by atoms with van der Waals surface area (Å²) < 4.78 is 0. The van der Waals surface area contributed by atoms with Gasteiger partial charge in [-0.1, -0.05) is 30.7 Å². The molecule has 0 radical (unpaired) electrons. The molecule has 1 N–H and O–H groups in total. The lowest BCUT2D eigenvalue weighted by Crippen LogP contribution is -2.44. The summed E-state index contributed by atoms with van der Waals surface area (Å²) in [7, 11) is 0. The summed E-state index contributed by atoms with van der Waals surface area (Å²) in [5.74, 6) is 0.257. The van der Waals surface area contributed by atoms with E-state index in [-0.39, 0.29) is 18.1 Å². The van der Waals surface area contributed by atoms with Crippen LogP contribution in [-0.2, 0) is 4.79 Å². The van der Waals surface area contributed by atoms with Crippen molar-refractivity contribution in [2.75, 3.05) is 0 Å². The number of carbonyl (C=O) groups is 1. The highest BCUT2D eigenvalue weighted by atomic mass is 35.5. The number of rotatable bonds is 3. The van der Waals surface area contributed by atoms with Crippen molar-refractivity contribution in [2.45, 2.75) is 50.9 Å². The van der Waals surface area contributed by atoms with Crippen LogP contribution in [0, 0.1) is 0 Å². The lowest BCUT2D eigenvalue weighted by Gasteiger charge is -2.38. The zero-order valence-electron chi connectivity index (χ0n) is 11.1. The fourth-order valence-corrected chi connectivity index (χ4v) is 3.03. The Bertz CT molecular complexity index is 470. The van der Waals surface area contributed by atoms with Crippen LogP contribution in [0.25, 0.3) is 0 Å². The Hall–Kier alpha value is -1.06. The van der Waals surface area contributed by atoms with Crippen LogP contribution in [-0.4, -0.2) is 22.9 Å². The molecule has 1 amide bonds. The van der Waals surface area contributed by atoms with Gasteiger partial charge in [0.1, 0.15) is 6.17 Å². The van der Waals surface area contributed by atoms with Gasteiger partial charge in [-0.05, 0) is 43.4 Å². The fourth-order valence-electron chi connectivity index (χ4n) is 2.90. The molecule has 2 fully saturated rings. The van der Waals surface area contributed by atoms with Gasteiger partial charge in [0.05, 0.1) is 6.04 Å². The third-order valence-electron chi connectivity index (χ3n) is 4.25. The van der Waals surface area contributed by atoms with Crippen LogP contribution in [0.1, 0.15) is 44.3 Å². The van der Waals surface area contributed by atoms with Crippen LogP contribution in [0.2, 0.25) is 5.02 Å². The molecular formula is C15H19ClN2O. The van der Waals surface area contributed by atoms with E-state index < -0.39 is 0 Å². The van der Waals surface area contributed by atoms with E-state index in [2.05, 4.69) is 17.1 Å². The molecule has 0 bridgehead atoms. The number of halogens is 1. The second-order valence-electron chi connectivity index (χ2n) is 5.41. The standard InChI is InChI=1S/C15H19ClN2O/c1-2-13-15(19)18(12-4-3-5-12)14(17-13)10-6-8-11(16)9-7-10/h6-9,12-14,17H,2-5H2,1H3. The van der Waals surface area contributed by atoms with E-state index in [9.17, 15) is 4.79 Å². The summed E-state index contributed by atoms with van der Waals surface area (Å²) in [5.41, 5.74) is 1.13. The molecule has 1 aliphatic carbocycles. The Labute approximate surface area is 118 Å². The molecule has 2 unspecified atom stereocenters. The van der Waals surface area contributed by atoms with Crippen molar-refractivity contribution < 1.29 is 4.79 Å². The Morgan fingerprint density at radius 2 is 2.00 bits per heavy atom. The minimum atomic E-state index is -0.0405. The zero-order valence-corrected chi connectivity index (χ0v) is 11.9. The van der Waals surface area contributed by atoms with E-state index in [1.54, 1.807) is 0 Å². The van der Waals surface area contributed by atoms with Gasteiger partial charge in [0.15, 0.2) is 0 Å². The van der Waals surface area contributed by atoms with Crippen molar-refractivity contribution >= 4 is 17.5 Å². The van der Waals surface area contributed by atoms with Gasteiger partial charge in [-0.15, -0.1) is 0 Å². The van der Waals surface area contributed by atoms with Gasteiger partial charge < -0.3 is 4.90 Å². The molecule has 1 aliphatic heterocycles. The van der Waals surface area contributed by atoms with E-state index in [0.717, 1.165) is 29.8 Å². The van der Waals surface area contributed by atoms with Gasteiger partial charge in [0.25, 0.3) is 0 Å². The Kier molecular flexibility index (Phi) is 3.50. The SMILES string of the molecule is CCC1NC(c2ccc(Cl)cc2)N(C2CCC2)C1=O. The van der Waals surface area contributed by atoms with E-state index in [4.69, 9.17) is 11.6 Å². The van der Waals surface area contributed by atoms with Crippen LogP contribution >= 0.6 is 11.6 Å². The molecule has 0 aromatic heterocycles. The molecule has 1 aromatic rings. The van der Waals surface area contributed by atoms with Gasteiger partial charge in [0.2, 0.25) is 5.91 Å². The van der Waals surface area contributed by atoms with Crippen LogP contribution in [0.5, 0.6) is 0 Å². The number of nitrogens with zero attached hydrogens (tertiary/aromatic N) is 1. The van der Waals surface area contributed by atoms with E-state index in [1.807, 2.05) is 24.3 Å². The molecule has 1 aromatic carbocycles. The van der Waals surface area contributed by atoms with Gasteiger partial charge in [-0.25, -0.2) is 0 Å². The van der Waals surface area contributed by atoms with Crippen molar-refractivity contribution in [3.63, 3.8) is 0 Å². The molecule has 19 heavy (non-hydrogen) atoms. The lowest BCUT2D eigenvalue weighted by molar-refractivity contribution is -0.134. The van der Waals surface area contributed by atoms with Crippen molar-refractivity contribution in [2.24, 2.45) is 0 Å². The molecule has 2 aliphatic rings. The second kappa shape index (κ2) is 5.14. The predicted molar refractivity (Wildman–Crippen MR) is 75.9 cm³/mol. The Balaban J connectivity index is 1.89. The predicted octanol–water partition coefficient (Wildman–Crippen LogP) is 3.10. The number of hydrogen-bond donors (Lipinski definition) is 1. The molecule has 102 valence electrons. The largest absolute Gasteiger partial charge is 0.319 e. The second-order valence-corrected chi connectivity index (χ2v) is 5.85. The number of amides is 1. The van der Waals surface area contributed by atoms with Crippen molar-refractivity contribution in [3.8, 4) is 0 Å². The fraction of sp³-hybridized carbons (Fsp3) is 0.533. The van der Waals surface area contributed by atoms with E-state index in [0.29, 0.717) is 6.04 Å². The maximum absolute atomic E-state index is 12.5. The number of carbonyl (C=O) groups excluding carboxylic acids is 1. The third kappa shape index (κ3) is 2.26. The lowest BCUT2D eigenvalue weighted by atomic mass is 9.90. The Morgan fingerprint density at radius 1 is 1.32 bits per heavy atom. The first-order chi connectivity index (χ1) is 9.20. The summed E-state index contributed by atoms with van der Waals surface area (Å²) in [4.78, 5) is 14.5. The quantitative estimate of drug-likeness (QED) is 0.921. The first-order valence-corrected chi connectivity index (χ1v) is 7.42. The molecule has 0 spiro atoms.